The fraction of sp³-hybridized carbons (Fsp3) is 0.727. The van der Waals surface area contributed by atoms with E-state index < -0.39 is 23.8 Å². The van der Waals surface area contributed by atoms with E-state index in [0.29, 0.717) is 62.8 Å². The number of benzene rings is 1. The standard InChI is InChI=1S/C33H52N4O7/c1-8-9-12-34(13-10-15-37(4,5)6)29(39)20-36-19-24(23-16-26(42-7)31-27(17-23)43-22-44-31)30(32(40)41)25(36)11-14-35-21-33(2,3)18-28(35)38/h16-17,24-25,30H,8-15,18-22H2,1-7H3/p+1/t24-,25+,30?/m1/s1. The molecule has 0 radical (unpaired) electrons. The van der Waals surface area contributed by atoms with E-state index in [2.05, 4.69) is 41.9 Å². The average molecular weight is 618 g/mol. The number of carbonyl (C=O) groups is 3. The van der Waals surface area contributed by atoms with Gasteiger partial charge in [-0.05, 0) is 36.0 Å². The van der Waals surface area contributed by atoms with Crippen molar-refractivity contribution in [1.82, 2.24) is 14.7 Å². The van der Waals surface area contributed by atoms with E-state index >= 15 is 0 Å². The third-order valence-electron chi connectivity index (χ3n) is 9.17. The molecule has 2 amide bonds. The van der Waals surface area contributed by atoms with Crippen LogP contribution in [-0.2, 0) is 14.4 Å². The Morgan fingerprint density at radius 1 is 1.16 bits per heavy atom. The molecule has 3 heterocycles. The van der Waals surface area contributed by atoms with Gasteiger partial charge in [-0.25, -0.2) is 0 Å². The molecule has 0 bridgehead atoms. The first-order valence-electron chi connectivity index (χ1n) is 16.0. The average Bonchev–Trinajstić information content (AvgIpc) is 3.62. The predicted octanol–water partition coefficient (Wildman–Crippen LogP) is 3.27. The van der Waals surface area contributed by atoms with Crippen LogP contribution in [0.5, 0.6) is 17.2 Å². The third kappa shape index (κ3) is 8.15. The second-order valence-electron chi connectivity index (χ2n) is 14.5. The number of carbonyl (C=O) groups excluding carboxylic acids is 2. The number of ether oxygens (including phenoxy) is 3. The highest BCUT2D eigenvalue weighted by molar-refractivity contribution is 5.80. The lowest BCUT2D eigenvalue weighted by molar-refractivity contribution is -0.870. The SMILES string of the molecule is CCCCN(CCC[N+](C)(C)C)C(=O)CN1C[C@H](c2cc(OC)c3c(c2)OCO3)C(C(=O)O)[C@@H]1CCN1CC(C)(C)CC1=O. The summed E-state index contributed by atoms with van der Waals surface area (Å²) >= 11 is 0. The van der Waals surface area contributed by atoms with Gasteiger partial charge in [-0.15, -0.1) is 0 Å². The lowest BCUT2D eigenvalue weighted by atomic mass is 9.84. The predicted molar refractivity (Wildman–Crippen MR) is 167 cm³/mol. The van der Waals surface area contributed by atoms with Gasteiger partial charge in [0.1, 0.15) is 0 Å². The number of hydrogen-bond acceptors (Lipinski definition) is 7. The van der Waals surface area contributed by atoms with Crippen molar-refractivity contribution >= 4 is 17.8 Å². The summed E-state index contributed by atoms with van der Waals surface area (Å²) in [5.74, 6) is -0.423. The first-order valence-corrected chi connectivity index (χ1v) is 16.0. The molecule has 2 saturated heterocycles. The second kappa shape index (κ2) is 13.9. The van der Waals surface area contributed by atoms with Crippen LogP contribution in [0.3, 0.4) is 0 Å². The maximum atomic E-state index is 13.9. The quantitative estimate of drug-likeness (QED) is 0.299. The minimum absolute atomic E-state index is 0.0243. The molecule has 11 heteroatoms. The van der Waals surface area contributed by atoms with E-state index in [4.69, 9.17) is 14.2 Å². The van der Waals surface area contributed by atoms with Gasteiger partial charge in [0.25, 0.3) is 0 Å². The van der Waals surface area contributed by atoms with Gasteiger partial charge in [-0.1, -0.05) is 27.2 Å². The van der Waals surface area contributed by atoms with Crippen molar-refractivity contribution in [3.63, 3.8) is 0 Å². The highest BCUT2D eigenvalue weighted by atomic mass is 16.7. The first kappa shape index (κ1) is 33.8. The molecule has 0 aromatic heterocycles. The van der Waals surface area contributed by atoms with Crippen LogP contribution in [-0.4, -0.2) is 129 Å². The topological polar surface area (TPSA) is 109 Å². The second-order valence-corrected chi connectivity index (χ2v) is 14.5. The highest BCUT2D eigenvalue weighted by Gasteiger charge is 2.48. The van der Waals surface area contributed by atoms with Gasteiger partial charge in [0.2, 0.25) is 24.4 Å². The smallest absolute Gasteiger partial charge is 0.308 e. The molecule has 0 aliphatic carbocycles. The molecule has 2 fully saturated rings. The zero-order valence-corrected chi connectivity index (χ0v) is 27.8. The summed E-state index contributed by atoms with van der Waals surface area (Å²) < 4.78 is 17.6. The molecule has 3 aliphatic rings. The molecule has 1 unspecified atom stereocenters. The molecule has 0 spiro atoms. The largest absolute Gasteiger partial charge is 0.493 e. The molecule has 4 rings (SSSR count). The molecule has 246 valence electrons. The number of likely N-dealkylation sites (tertiary alicyclic amines) is 2. The van der Waals surface area contributed by atoms with E-state index in [1.54, 1.807) is 7.11 Å². The van der Waals surface area contributed by atoms with Gasteiger partial charge < -0.3 is 33.6 Å². The molecule has 44 heavy (non-hydrogen) atoms. The number of fused-ring (bicyclic) bond motifs is 1. The Morgan fingerprint density at radius 2 is 1.89 bits per heavy atom. The number of hydrogen-bond donors (Lipinski definition) is 1. The number of quaternary nitrogens is 1. The molecular formula is C33H53N4O7+. The summed E-state index contributed by atoms with van der Waals surface area (Å²) in [6, 6.07) is 3.26. The number of carboxylic acid groups (broad SMARTS) is 1. The first-order chi connectivity index (χ1) is 20.7. The van der Waals surface area contributed by atoms with Crippen molar-refractivity contribution in [3.8, 4) is 17.2 Å². The maximum Gasteiger partial charge on any atom is 0.308 e. The fourth-order valence-electron chi connectivity index (χ4n) is 6.95. The minimum Gasteiger partial charge on any atom is -0.493 e. The third-order valence-corrected chi connectivity index (χ3v) is 9.17. The van der Waals surface area contributed by atoms with Gasteiger partial charge in [-0.2, -0.15) is 0 Å². The van der Waals surface area contributed by atoms with Crippen LogP contribution in [0.2, 0.25) is 0 Å². The van der Waals surface area contributed by atoms with Crippen LogP contribution in [0, 0.1) is 11.3 Å². The number of unbranched alkanes of at least 4 members (excludes halogenated alkanes) is 1. The zero-order chi connectivity index (χ0) is 32.2. The number of methoxy groups -OCH3 is 1. The van der Waals surface area contributed by atoms with Gasteiger partial charge in [-0.3, -0.25) is 19.3 Å². The number of amides is 2. The summed E-state index contributed by atoms with van der Waals surface area (Å²) in [4.78, 5) is 45.5. The van der Waals surface area contributed by atoms with Crippen molar-refractivity contribution in [2.45, 2.75) is 64.8 Å². The van der Waals surface area contributed by atoms with Crippen molar-refractivity contribution < 1.29 is 38.2 Å². The summed E-state index contributed by atoms with van der Waals surface area (Å²) in [5.41, 5.74) is 0.675. The molecule has 1 N–H and O–H groups in total. The van der Waals surface area contributed by atoms with Crippen molar-refractivity contribution in [2.24, 2.45) is 11.3 Å². The van der Waals surface area contributed by atoms with E-state index in [-0.39, 0.29) is 30.6 Å². The molecule has 1 aromatic rings. The molecular weight excluding hydrogens is 564 g/mol. The van der Waals surface area contributed by atoms with Crippen LogP contribution in [0.1, 0.15) is 64.4 Å². The maximum absolute atomic E-state index is 13.9. The number of rotatable bonds is 15. The van der Waals surface area contributed by atoms with Crippen LogP contribution in [0.15, 0.2) is 12.1 Å². The van der Waals surface area contributed by atoms with Crippen LogP contribution in [0.4, 0.5) is 0 Å². The molecule has 3 aliphatic heterocycles. The summed E-state index contributed by atoms with van der Waals surface area (Å²) in [5, 5.41) is 10.6. The van der Waals surface area contributed by atoms with Crippen molar-refractivity contribution in [3.05, 3.63) is 17.7 Å². The fourth-order valence-corrected chi connectivity index (χ4v) is 6.95. The Balaban J connectivity index is 1.61. The minimum atomic E-state index is -0.912. The monoisotopic (exact) mass is 617 g/mol. The molecule has 3 atom stereocenters. The summed E-state index contributed by atoms with van der Waals surface area (Å²) in [6.45, 7) is 10.3. The van der Waals surface area contributed by atoms with Crippen LogP contribution < -0.4 is 14.2 Å². The molecule has 1 aromatic carbocycles. The van der Waals surface area contributed by atoms with E-state index in [1.807, 2.05) is 26.8 Å². The van der Waals surface area contributed by atoms with E-state index in [0.717, 1.165) is 35.9 Å². The normalized spacial score (nSPS) is 22.9. The lowest BCUT2D eigenvalue weighted by Crippen LogP contribution is -2.46. The summed E-state index contributed by atoms with van der Waals surface area (Å²) in [6.07, 6.45) is 3.76. The van der Waals surface area contributed by atoms with Crippen LogP contribution >= 0.6 is 0 Å². The Bertz CT molecular complexity index is 1200. The van der Waals surface area contributed by atoms with Crippen molar-refractivity contribution in [2.75, 3.05) is 80.9 Å². The van der Waals surface area contributed by atoms with Crippen molar-refractivity contribution in [1.29, 1.82) is 0 Å². The zero-order valence-electron chi connectivity index (χ0n) is 27.8. The Morgan fingerprint density at radius 3 is 2.50 bits per heavy atom. The Kier molecular flexibility index (Phi) is 10.7. The van der Waals surface area contributed by atoms with E-state index in [9.17, 15) is 19.5 Å². The molecule has 11 nitrogen and oxygen atoms in total. The van der Waals surface area contributed by atoms with Gasteiger partial charge in [0, 0.05) is 57.5 Å². The molecule has 0 saturated carbocycles. The van der Waals surface area contributed by atoms with Gasteiger partial charge >= 0.3 is 5.97 Å². The highest BCUT2D eigenvalue weighted by Crippen LogP contribution is 2.47. The number of carboxylic acids is 1. The Hall–Kier alpha value is -3.05. The van der Waals surface area contributed by atoms with E-state index in [1.165, 1.54) is 0 Å². The number of aliphatic carboxylic acids is 1. The summed E-state index contributed by atoms with van der Waals surface area (Å²) in [7, 11) is 8.00. The lowest BCUT2D eigenvalue weighted by Gasteiger charge is -2.31. The number of nitrogens with zero attached hydrogens (tertiary/aromatic N) is 4. The van der Waals surface area contributed by atoms with Gasteiger partial charge in [0.05, 0.1) is 47.3 Å². The van der Waals surface area contributed by atoms with Gasteiger partial charge in [0.15, 0.2) is 11.5 Å². The van der Waals surface area contributed by atoms with Crippen LogP contribution in [0.25, 0.3) is 0 Å². The Labute approximate surface area is 262 Å².